The fourth-order valence-electron chi connectivity index (χ4n) is 1.94. The Balaban J connectivity index is 1.75. The second kappa shape index (κ2) is 3.00. The second-order valence-electron chi connectivity index (χ2n) is 4.68. The van der Waals surface area contributed by atoms with Crippen molar-refractivity contribution in [1.29, 1.82) is 0 Å². The third-order valence-electron chi connectivity index (χ3n) is 3.22. The van der Waals surface area contributed by atoms with Crippen LogP contribution in [0, 0.1) is 5.92 Å². The maximum Gasteiger partial charge on any atom is 0.0776 e. The molecule has 0 radical (unpaired) electrons. The number of hydrogen-bond acceptors (Lipinski definition) is 2. The molecule has 0 atom stereocenters. The number of β-amino-alcohol motifs (C(OH)–C–C–N with tert-alkyl or cyclic N) is 1. The summed E-state index contributed by atoms with van der Waals surface area (Å²) in [6, 6.07) is 0. The van der Waals surface area contributed by atoms with Gasteiger partial charge in [0, 0.05) is 6.54 Å². The lowest BCUT2D eigenvalue weighted by Crippen LogP contribution is -2.39. The molecule has 2 rings (SSSR count). The lowest BCUT2D eigenvalue weighted by atomic mass is 9.99. The number of piperidine rings is 1. The van der Waals surface area contributed by atoms with E-state index in [1.165, 1.54) is 25.9 Å². The van der Waals surface area contributed by atoms with Gasteiger partial charge in [0.2, 0.25) is 0 Å². The largest absolute Gasteiger partial charge is 0.389 e. The van der Waals surface area contributed by atoms with Crippen LogP contribution in [0.25, 0.3) is 0 Å². The Kier molecular flexibility index (Phi) is 2.13. The molecule has 1 aliphatic heterocycles. The van der Waals surface area contributed by atoms with E-state index >= 15 is 0 Å². The van der Waals surface area contributed by atoms with Crippen LogP contribution in [0.5, 0.6) is 0 Å². The highest BCUT2D eigenvalue weighted by molar-refractivity contribution is 4.96. The number of likely N-dealkylation sites (tertiary alicyclic amines) is 1. The normalized spacial score (nSPS) is 30.5. The maximum absolute atomic E-state index is 9.71. The van der Waals surface area contributed by atoms with Crippen molar-refractivity contribution in [2.24, 2.45) is 5.92 Å². The minimum atomic E-state index is -0.277. The van der Waals surface area contributed by atoms with Crippen LogP contribution in [0.3, 0.4) is 0 Å². The van der Waals surface area contributed by atoms with Gasteiger partial charge in [0.15, 0.2) is 0 Å². The molecule has 0 aromatic carbocycles. The van der Waals surface area contributed by atoms with Gasteiger partial charge in [-0.2, -0.15) is 0 Å². The summed E-state index contributed by atoms with van der Waals surface area (Å²) in [5.41, 5.74) is -0.277. The molecule has 0 unspecified atom stereocenters. The molecule has 1 heterocycles. The lowest BCUT2D eigenvalue weighted by Gasteiger charge is -2.31. The van der Waals surface area contributed by atoms with Gasteiger partial charge >= 0.3 is 0 Å². The van der Waals surface area contributed by atoms with Gasteiger partial charge in [-0.1, -0.05) is 6.92 Å². The van der Waals surface area contributed by atoms with Gasteiger partial charge in [-0.15, -0.1) is 0 Å². The predicted molar refractivity (Wildman–Crippen MR) is 49.0 cm³/mol. The van der Waals surface area contributed by atoms with E-state index in [9.17, 15) is 5.11 Å². The minimum absolute atomic E-state index is 0.277. The first-order chi connectivity index (χ1) is 5.68. The molecule has 0 bridgehead atoms. The average Bonchev–Trinajstić information content (AvgIpc) is 2.74. The summed E-state index contributed by atoms with van der Waals surface area (Å²) in [5.74, 6) is 0.898. The molecular weight excluding hydrogens is 150 g/mol. The number of nitrogens with zero attached hydrogens (tertiary/aromatic N) is 1. The van der Waals surface area contributed by atoms with Gasteiger partial charge in [-0.3, -0.25) is 0 Å². The summed E-state index contributed by atoms with van der Waals surface area (Å²) in [4.78, 5) is 2.42. The van der Waals surface area contributed by atoms with E-state index in [-0.39, 0.29) is 5.60 Å². The Hall–Kier alpha value is -0.0800. The molecule has 12 heavy (non-hydrogen) atoms. The van der Waals surface area contributed by atoms with Crippen LogP contribution in [0.15, 0.2) is 0 Å². The minimum Gasteiger partial charge on any atom is -0.389 e. The molecule has 2 aliphatic rings. The third kappa shape index (κ3) is 1.99. The first-order valence-corrected chi connectivity index (χ1v) is 5.13. The van der Waals surface area contributed by atoms with Crippen molar-refractivity contribution in [3.63, 3.8) is 0 Å². The molecule has 0 aromatic heterocycles. The topological polar surface area (TPSA) is 23.5 Å². The Morgan fingerprint density at radius 3 is 2.42 bits per heavy atom. The third-order valence-corrected chi connectivity index (χ3v) is 3.22. The molecule has 70 valence electrons. The van der Waals surface area contributed by atoms with Gasteiger partial charge in [-0.25, -0.2) is 0 Å². The summed E-state index contributed by atoms with van der Waals surface area (Å²) in [6.07, 6.45) is 4.68. The van der Waals surface area contributed by atoms with Crippen molar-refractivity contribution in [2.75, 3.05) is 19.6 Å². The van der Waals surface area contributed by atoms with Gasteiger partial charge in [0.1, 0.15) is 0 Å². The zero-order valence-electron chi connectivity index (χ0n) is 7.92. The molecule has 1 saturated carbocycles. The van der Waals surface area contributed by atoms with Crippen molar-refractivity contribution in [3.8, 4) is 0 Å². The summed E-state index contributed by atoms with van der Waals surface area (Å²) < 4.78 is 0. The van der Waals surface area contributed by atoms with E-state index in [0.717, 1.165) is 25.3 Å². The Labute approximate surface area is 74.6 Å². The van der Waals surface area contributed by atoms with Gasteiger partial charge < -0.3 is 10.0 Å². The Morgan fingerprint density at radius 1 is 1.33 bits per heavy atom. The fourth-order valence-corrected chi connectivity index (χ4v) is 1.94. The second-order valence-corrected chi connectivity index (χ2v) is 4.68. The van der Waals surface area contributed by atoms with Crippen molar-refractivity contribution >= 4 is 0 Å². The van der Waals surface area contributed by atoms with Crippen LogP contribution in [0.2, 0.25) is 0 Å². The van der Waals surface area contributed by atoms with Crippen molar-refractivity contribution < 1.29 is 5.11 Å². The molecule has 2 nitrogen and oxygen atoms in total. The molecule has 0 aromatic rings. The van der Waals surface area contributed by atoms with E-state index < -0.39 is 0 Å². The monoisotopic (exact) mass is 169 g/mol. The highest BCUT2D eigenvalue weighted by Gasteiger charge is 2.41. The molecule has 2 heteroatoms. The van der Waals surface area contributed by atoms with E-state index in [0.29, 0.717) is 0 Å². The summed E-state index contributed by atoms with van der Waals surface area (Å²) in [5, 5.41) is 9.71. The van der Waals surface area contributed by atoms with E-state index in [1.54, 1.807) is 0 Å². The summed E-state index contributed by atoms with van der Waals surface area (Å²) in [6.45, 7) is 5.65. The summed E-state index contributed by atoms with van der Waals surface area (Å²) in [7, 11) is 0. The Morgan fingerprint density at radius 2 is 1.92 bits per heavy atom. The first-order valence-electron chi connectivity index (χ1n) is 5.13. The SMILES string of the molecule is CC1CCN(CC2(O)CC2)CC1. The molecule has 0 spiro atoms. The van der Waals surface area contributed by atoms with Crippen molar-refractivity contribution in [2.45, 2.75) is 38.2 Å². The highest BCUT2D eigenvalue weighted by Crippen LogP contribution is 2.36. The zero-order chi connectivity index (χ0) is 8.60. The van der Waals surface area contributed by atoms with Crippen LogP contribution in [0.4, 0.5) is 0 Å². The zero-order valence-corrected chi connectivity index (χ0v) is 7.92. The van der Waals surface area contributed by atoms with E-state index in [2.05, 4.69) is 11.8 Å². The van der Waals surface area contributed by atoms with Crippen LogP contribution in [-0.2, 0) is 0 Å². The van der Waals surface area contributed by atoms with Crippen molar-refractivity contribution in [1.82, 2.24) is 4.90 Å². The van der Waals surface area contributed by atoms with Crippen molar-refractivity contribution in [3.05, 3.63) is 0 Å². The fraction of sp³-hybridized carbons (Fsp3) is 1.00. The quantitative estimate of drug-likeness (QED) is 0.672. The smallest absolute Gasteiger partial charge is 0.0776 e. The Bertz CT molecular complexity index is 157. The summed E-state index contributed by atoms with van der Waals surface area (Å²) >= 11 is 0. The van der Waals surface area contributed by atoms with Gasteiger partial charge in [0.25, 0.3) is 0 Å². The molecule has 2 fully saturated rings. The highest BCUT2D eigenvalue weighted by atomic mass is 16.3. The number of aliphatic hydroxyl groups is 1. The van der Waals surface area contributed by atoms with Gasteiger partial charge in [0.05, 0.1) is 5.60 Å². The predicted octanol–water partition coefficient (Wildman–Crippen LogP) is 1.24. The standard InChI is InChI=1S/C10H19NO/c1-9-2-6-11(7-3-9)8-10(12)4-5-10/h9,12H,2-8H2,1H3. The van der Waals surface area contributed by atoms with Crippen LogP contribution in [0.1, 0.15) is 32.6 Å². The van der Waals surface area contributed by atoms with Crippen LogP contribution < -0.4 is 0 Å². The average molecular weight is 169 g/mol. The molecular formula is C10H19NO. The van der Waals surface area contributed by atoms with E-state index in [1.807, 2.05) is 0 Å². The number of hydrogen-bond donors (Lipinski definition) is 1. The van der Waals surface area contributed by atoms with E-state index in [4.69, 9.17) is 0 Å². The first kappa shape index (κ1) is 8.52. The molecule has 1 saturated heterocycles. The van der Waals surface area contributed by atoms with Crippen LogP contribution >= 0.6 is 0 Å². The molecule has 1 aliphatic carbocycles. The van der Waals surface area contributed by atoms with Crippen LogP contribution in [-0.4, -0.2) is 35.2 Å². The molecule has 1 N–H and O–H groups in total. The van der Waals surface area contributed by atoms with Gasteiger partial charge in [-0.05, 0) is 44.7 Å². The lowest BCUT2D eigenvalue weighted by molar-refractivity contribution is 0.0741. The maximum atomic E-state index is 9.71. The molecule has 0 amide bonds. The number of rotatable bonds is 2.